The Morgan fingerprint density at radius 2 is 2.12 bits per heavy atom. The van der Waals surface area contributed by atoms with Crippen LogP contribution in [0.25, 0.3) is 0 Å². The smallest absolute Gasteiger partial charge is 0.342 e. The van der Waals surface area contributed by atoms with E-state index in [4.69, 9.17) is 4.74 Å². The Hall–Kier alpha value is -1.78. The highest BCUT2D eigenvalue weighted by molar-refractivity contribution is 6.02. The molecule has 0 spiro atoms. The molecule has 17 heavy (non-hydrogen) atoms. The predicted octanol–water partition coefficient (Wildman–Crippen LogP) is 2.24. The standard InChI is InChI=1S/C12H18N2O3/c1-4-6-10(15)14-9-7-13-8(3)11(9)12(16)17-5-2/h7,13H,4-6H2,1-3H3,(H,14,15). The van der Waals surface area contributed by atoms with Crippen molar-refractivity contribution in [2.45, 2.75) is 33.6 Å². The number of ether oxygens (including phenoxy) is 1. The summed E-state index contributed by atoms with van der Waals surface area (Å²) in [6.45, 7) is 5.75. The fourth-order valence-electron chi connectivity index (χ4n) is 1.53. The first-order chi connectivity index (χ1) is 8.10. The van der Waals surface area contributed by atoms with Crippen molar-refractivity contribution in [3.05, 3.63) is 17.5 Å². The van der Waals surface area contributed by atoms with Gasteiger partial charge in [-0.2, -0.15) is 0 Å². The number of aromatic nitrogens is 1. The Morgan fingerprint density at radius 3 is 2.71 bits per heavy atom. The number of nitrogens with one attached hydrogen (secondary N) is 2. The molecule has 1 heterocycles. The van der Waals surface area contributed by atoms with Gasteiger partial charge in [-0.15, -0.1) is 0 Å². The van der Waals surface area contributed by atoms with Crippen molar-refractivity contribution in [1.29, 1.82) is 0 Å². The SMILES string of the molecule is CCCC(=O)Nc1c[nH]c(C)c1C(=O)OCC. The van der Waals surface area contributed by atoms with Crippen LogP contribution in [0.4, 0.5) is 5.69 Å². The van der Waals surface area contributed by atoms with Gasteiger partial charge in [-0.3, -0.25) is 4.79 Å². The number of aryl methyl sites for hydroxylation is 1. The average Bonchev–Trinajstić information content (AvgIpc) is 2.60. The number of aromatic amines is 1. The van der Waals surface area contributed by atoms with Crippen molar-refractivity contribution in [3.8, 4) is 0 Å². The highest BCUT2D eigenvalue weighted by Gasteiger charge is 2.18. The molecule has 0 atom stereocenters. The van der Waals surface area contributed by atoms with E-state index in [1.807, 2.05) is 6.92 Å². The number of rotatable bonds is 5. The average molecular weight is 238 g/mol. The van der Waals surface area contributed by atoms with Crippen molar-refractivity contribution in [1.82, 2.24) is 4.98 Å². The van der Waals surface area contributed by atoms with E-state index in [-0.39, 0.29) is 5.91 Å². The number of amides is 1. The van der Waals surface area contributed by atoms with Crippen LogP contribution in [0.3, 0.4) is 0 Å². The Bertz CT molecular complexity index is 410. The molecule has 1 amide bonds. The van der Waals surface area contributed by atoms with Crippen LogP contribution in [0.5, 0.6) is 0 Å². The molecule has 2 N–H and O–H groups in total. The number of hydrogen-bond acceptors (Lipinski definition) is 3. The van der Waals surface area contributed by atoms with Gasteiger partial charge in [-0.1, -0.05) is 6.92 Å². The molecule has 0 aliphatic heterocycles. The zero-order chi connectivity index (χ0) is 12.8. The van der Waals surface area contributed by atoms with Crippen LogP contribution in [0.2, 0.25) is 0 Å². The molecule has 0 saturated carbocycles. The molecule has 1 rings (SSSR count). The molecule has 94 valence electrons. The maximum Gasteiger partial charge on any atom is 0.342 e. The summed E-state index contributed by atoms with van der Waals surface area (Å²) in [7, 11) is 0. The van der Waals surface area contributed by atoms with Gasteiger partial charge in [0.1, 0.15) is 5.56 Å². The molecule has 0 fully saturated rings. The van der Waals surface area contributed by atoms with Crippen LogP contribution in [-0.4, -0.2) is 23.5 Å². The third-order valence-corrected chi connectivity index (χ3v) is 2.31. The minimum absolute atomic E-state index is 0.1000. The summed E-state index contributed by atoms with van der Waals surface area (Å²) >= 11 is 0. The summed E-state index contributed by atoms with van der Waals surface area (Å²) in [5, 5.41) is 2.70. The van der Waals surface area contributed by atoms with Crippen LogP contribution >= 0.6 is 0 Å². The minimum Gasteiger partial charge on any atom is -0.462 e. The van der Waals surface area contributed by atoms with E-state index in [0.717, 1.165) is 6.42 Å². The molecule has 0 aliphatic carbocycles. The van der Waals surface area contributed by atoms with Crippen molar-refractivity contribution in [2.75, 3.05) is 11.9 Å². The normalized spacial score (nSPS) is 10.1. The first-order valence-electron chi connectivity index (χ1n) is 5.75. The Balaban J connectivity index is 2.86. The predicted molar refractivity (Wildman–Crippen MR) is 65.0 cm³/mol. The summed E-state index contributed by atoms with van der Waals surface area (Å²) in [4.78, 5) is 26.1. The van der Waals surface area contributed by atoms with E-state index >= 15 is 0 Å². The monoisotopic (exact) mass is 238 g/mol. The van der Waals surface area contributed by atoms with Crippen LogP contribution < -0.4 is 5.32 Å². The van der Waals surface area contributed by atoms with Gasteiger partial charge < -0.3 is 15.0 Å². The molecule has 5 nitrogen and oxygen atoms in total. The number of carbonyl (C=O) groups excluding carboxylic acids is 2. The van der Waals surface area contributed by atoms with Gasteiger partial charge in [-0.25, -0.2) is 4.79 Å². The molecule has 1 aromatic rings. The van der Waals surface area contributed by atoms with Crippen molar-refractivity contribution >= 4 is 17.6 Å². The zero-order valence-electron chi connectivity index (χ0n) is 10.4. The van der Waals surface area contributed by atoms with E-state index < -0.39 is 5.97 Å². The molecule has 0 bridgehead atoms. The minimum atomic E-state index is -0.418. The molecule has 0 radical (unpaired) electrons. The molecule has 1 aromatic heterocycles. The second-order valence-electron chi connectivity index (χ2n) is 3.72. The van der Waals surface area contributed by atoms with Gasteiger partial charge in [0, 0.05) is 18.3 Å². The van der Waals surface area contributed by atoms with Gasteiger partial charge in [0.15, 0.2) is 0 Å². The number of carbonyl (C=O) groups is 2. The molecular weight excluding hydrogens is 220 g/mol. The molecule has 0 aliphatic rings. The second kappa shape index (κ2) is 6.08. The van der Waals surface area contributed by atoms with E-state index in [9.17, 15) is 9.59 Å². The largest absolute Gasteiger partial charge is 0.462 e. The van der Waals surface area contributed by atoms with E-state index in [1.54, 1.807) is 20.0 Å². The van der Waals surface area contributed by atoms with Crippen LogP contribution in [-0.2, 0) is 9.53 Å². The number of H-pyrrole nitrogens is 1. The van der Waals surface area contributed by atoms with Crippen LogP contribution in [0, 0.1) is 6.92 Å². The highest BCUT2D eigenvalue weighted by Crippen LogP contribution is 2.20. The van der Waals surface area contributed by atoms with Crippen LogP contribution in [0.15, 0.2) is 6.20 Å². The summed E-state index contributed by atoms with van der Waals surface area (Å²) in [6.07, 6.45) is 2.81. The van der Waals surface area contributed by atoms with E-state index in [1.165, 1.54) is 0 Å². The number of anilines is 1. The highest BCUT2D eigenvalue weighted by atomic mass is 16.5. The lowest BCUT2D eigenvalue weighted by Gasteiger charge is -2.06. The lowest BCUT2D eigenvalue weighted by Crippen LogP contribution is -2.14. The number of esters is 1. The molecule has 0 unspecified atom stereocenters. The van der Waals surface area contributed by atoms with E-state index in [2.05, 4.69) is 10.3 Å². The Kier molecular flexibility index (Phi) is 4.75. The summed E-state index contributed by atoms with van der Waals surface area (Å²) < 4.78 is 4.94. The molecule has 0 aromatic carbocycles. The van der Waals surface area contributed by atoms with Gasteiger partial charge in [-0.05, 0) is 20.3 Å². The first-order valence-corrected chi connectivity index (χ1v) is 5.75. The lowest BCUT2D eigenvalue weighted by atomic mass is 10.2. The van der Waals surface area contributed by atoms with Crippen molar-refractivity contribution in [2.24, 2.45) is 0 Å². The summed E-state index contributed by atoms with van der Waals surface area (Å²) in [5.74, 6) is -0.518. The van der Waals surface area contributed by atoms with Crippen molar-refractivity contribution in [3.63, 3.8) is 0 Å². The van der Waals surface area contributed by atoms with E-state index in [0.29, 0.717) is 30.0 Å². The maximum absolute atomic E-state index is 11.7. The fraction of sp³-hybridized carbons (Fsp3) is 0.500. The third kappa shape index (κ3) is 3.34. The first kappa shape index (κ1) is 13.3. The van der Waals surface area contributed by atoms with Gasteiger partial charge in [0.25, 0.3) is 0 Å². The zero-order valence-corrected chi connectivity index (χ0v) is 10.4. The lowest BCUT2D eigenvalue weighted by molar-refractivity contribution is -0.116. The maximum atomic E-state index is 11.7. The van der Waals surface area contributed by atoms with Gasteiger partial charge in [0.2, 0.25) is 5.91 Å². The summed E-state index contributed by atoms with van der Waals surface area (Å²) in [6, 6.07) is 0. The summed E-state index contributed by atoms with van der Waals surface area (Å²) in [5.41, 5.74) is 1.57. The molecule has 5 heteroatoms. The van der Waals surface area contributed by atoms with Crippen molar-refractivity contribution < 1.29 is 14.3 Å². The van der Waals surface area contributed by atoms with Crippen LogP contribution in [0.1, 0.15) is 42.7 Å². The third-order valence-electron chi connectivity index (χ3n) is 2.31. The number of hydrogen-bond donors (Lipinski definition) is 2. The van der Waals surface area contributed by atoms with Gasteiger partial charge in [0.05, 0.1) is 12.3 Å². The second-order valence-corrected chi connectivity index (χ2v) is 3.72. The molecular formula is C12H18N2O3. The Morgan fingerprint density at radius 1 is 1.41 bits per heavy atom. The molecule has 0 saturated heterocycles. The van der Waals surface area contributed by atoms with Gasteiger partial charge >= 0.3 is 5.97 Å². The quantitative estimate of drug-likeness (QED) is 0.773. The topological polar surface area (TPSA) is 71.2 Å². The Labute approximate surface area is 101 Å². The fourth-order valence-corrected chi connectivity index (χ4v) is 1.53.